The fraction of sp³-hybridized carbons (Fsp3) is 1.00. The molecule has 0 radical (unpaired) electrons. The van der Waals surface area contributed by atoms with Crippen LogP contribution >= 0.6 is 36.1 Å². The highest BCUT2D eigenvalue weighted by Gasteiger charge is 1.68. The molecule has 0 fully saturated rings. The molecule has 0 amide bonds. The van der Waals surface area contributed by atoms with Crippen LogP contribution in [0.25, 0.3) is 0 Å². The van der Waals surface area contributed by atoms with Gasteiger partial charge in [-0.3, -0.25) is 0 Å². The second kappa shape index (κ2) is 15.7. The highest BCUT2D eigenvalue weighted by Crippen LogP contribution is 1.89. The van der Waals surface area contributed by atoms with E-state index in [4.69, 9.17) is 0 Å². The van der Waals surface area contributed by atoms with E-state index in [2.05, 4.69) is 16.2 Å². The maximum absolute atomic E-state index is 2.70. The standard InChI is InChI=1S/C4H11P.BrH.H3P/c1-2-3-4-5;;/h2-5H2,1H3;1H;1H3. The van der Waals surface area contributed by atoms with Crippen LogP contribution in [0.15, 0.2) is 0 Å². The Bertz CT molecular complexity index is 17.2. The SMILES string of the molecule is Br.CCCCP.P. The molecule has 0 aromatic heterocycles. The van der Waals surface area contributed by atoms with E-state index in [9.17, 15) is 0 Å². The van der Waals surface area contributed by atoms with Gasteiger partial charge in [0.05, 0.1) is 0 Å². The van der Waals surface area contributed by atoms with Gasteiger partial charge in [-0.05, 0) is 6.16 Å². The summed E-state index contributed by atoms with van der Waals surface area (Å²) in [6, 6.07) is 0. The van der Waals surface area contributed by atoms with Crippen molar-refractivity contribution in [3.63, 3.8) is 0 Å². The lowest BCUT2D eigenvalue weighted by Crippen LogP contribution is -1.64. The van der Waals surface area contributed by atoms with Gasteiger partial charge in [0, 0.05) is 0 Å². The summed E-state index contributed by atoms with van der Waals surface area (Å²) in [7, 11) is 2.70. The monoisotopic (exact) mass is 204 g/mol. The Balaban J connectivity index is -0.0000000800. The van der Waals surface area contributed by atoms with Crippen LogP contribution in [0, 0.1) is 0 Å². The van der Waals surface area contributed by atoms with Crippen LogP contribution in [0.4, 0.5) is 0 Å². The fourth-order valence-corrected chi connectivity index (χ4v) is 0.612. The summed E-state index contributed by atoms with van der Waals surface area (Å²) in [6.07, 6.45) is 3.94. The molecule has 0 aliphatic carbocycles. The van der Waals surface area contributed by atoms with Crippen molar-refractivity contribution in [3.05, 3.63) is 0 Å². The fourth-order valence-electron chi connectivity index (χ4n) is 0.204. The molecule has 0 N–H and O–H groups in total. The van der Waals surface area contributed by atoms with Gasteiger partial charge in [0.15, 0.2) is 0 Å². The molecule has 2 atom stereocenters. The molecular weight excluding hydrogens is 190 g/mol. The Morgan fingerprint density at radius 2 is 1.86 bits per heavy atom. The molecule has 0 aromatic carbocycles. The van der Waals surface area contributed by atoms with Crippen LogP contribution in [-0.2, 0) is 0 Å². The van der Waals surface area contributed by atoms with Gasteiger partial charge in [-0.25, -0.2) is 0 Å². The summed E-state index contributed by atoms with van der Waals surface area (Å²) >= 11 is 0. The lowest BCUT2D eigenvalue weighted by molar-refractivity contribution is 0.897. The first-order chi connectivity index (χ1) is 2.41. The van der Waals surface area contributed by atoms with Gasteiger partial charge in [-0.2, -0.15) is 9.90 Å². The van der Waals surface area contributed by atoms with Gasteiger partial charge in [0.2, 0.25) is 0 Å². The number of rotatable bonds is 2. The van der Waals surface area contributed by atoms with E-state index in [0.29, 0.717) is 0 Å². The Morgan fingerprint density at radius 3 is 1.86 bits per heavy atom. The summed E-state index contributed by atoms with van der Waals surface area (Å²) in [4.78, 5) is 0. The number of halogens is 1. The zero-order valence-corrected chi connectivity index (χ0v) is 9.10. The maximum atomic E-state index is 2.70. The first-order valence-electron chi connectivity index (χ1n) is 2.12. The van der Waals surface area contributed by atoms with E-state index < -0.39 is 0 Å². The average molecular weight is 205 g/mol. The Labute approximate surface area is 62.4 Å². The van der Waals surface area contributed by atoms with Crippen molar-refractivity contribution in [1.29, 1.82) is 0 Å². The minimum atomic E-state index is 0. The lowest BCUT2D eigenvalue weighted by atomic mass is 10.4. The van der Waals surface area contributed by atoms with Crippen molar-refractivity contribution in [2.45, 2.75) is 19.8 Å². The topological polar surface area (TPSA) is 0 Å². The highest BCUT2D eigenvalue weighted by molar-refractivity contribution is 8.93. The zero-order valence-electron chi connectivity index (χ0n) is 4.81. The van der Waals surface area contributed by atoms with Crippen molar-refractivity contribution < 1.29 is 0 Å². The van der Waals surface area contributed by atoms with Crippen LogP contribution < -0.4 is 0 Å². The third kappa shape index (κ3) is 18.8. The van der Waals surface area contributed by atoms with Crippen molar-refractivity contribution in [3.8, 4) is 0 Å². The first kappa shape index (κ1) is 15.8. The van der Waals surface area contributed by atoms with Crippen LogP contribution in [0.1, 0.15) is 19.8 Å². The molecule has 0 saturated carbocycles. The zero-order chi connectivity index (χ0) is 4.12. The van der Waals surface area contributed by atoms with Crippen LogP contribution in [0.2, 0.25) is 0 Å². The second-order valence-corrected chi connectivity index (χ2v) is 1.72. The van der Waals surface area contributed by atoms with Crippen LogP contribution in [0.5, 0.6) is 0 Å². The van der Waals surface area contributed by atoms with E-state index in [0.717, 1.165) is 0 Å². The molecule has 0 aliphatic rings. The Kier molecular flexibility index (Phi) is 35.3. The molecule has 2 unspecified atom stereocenters. The molecule has 0 heterocycles. The van der Waals surface area contributed by atoms with Crippen molar-refractivity contribution in [1.82, 2.24) is 0 Å². The van der Waals surface area contributed by atoms with E-state index in [-0.39, 0.29) is 26.9 Å². The summed E-state index contributed by atoms with van der Waals surface area (Å²) in [5, 5.41) is 0. The molecule has 7 heavy (non-hydrogen) atoms. The summed E-state index contributed by atoms with van der Waals surface area (Å²) < 4.78 is 0. The quantitative estimate of drug-likeness (QED) is 0.606. The molecule has 48 valence electrons. The van der Waals surface area contributed by atoms with Gasteiger partial charge in [-0.1, -0.05) is 19.8 Å². The molecule has 0 bridgehead atoms. The third-order valence-corrected chi connectivity index (χ3v) is 0.966. The summed E-state index contributed by atoms with van der Waals surface area (Å²) in [5.41, 5.74) is 0. The van der Waals surface area contributed by atoms with E-state index in [1.54, 1.807) is 0 Å². The Hall–Kier alpha value is 1.34. The van der Waals surface area contributed by atoms with Gasteiger partial charge in [-0.15, -0.1) is 26.2 Å². The highest BCUT2D eigenvalue weighted by atomic mass is 79.9. The molecular formula is C4H15BrP2. The third-order valence-electron chi connectivity index (χ3n) is 0.558. The van der Waals surface area contributed by atoms with Crippen LogP contribution in [0.3, 0.4) is 0 Å². The number of unbranched alkanes of at least 4 members (excludes halogenated alkanes) is 1. The van der Waals surface area contributed by atoms with Gasteiger partial charge < -0.3 is 0 Å². The van der Waals surface area contributed by atoms with Crippen molar-refractivity contribution in [2.75, 3.05) is 6.16 Å². The smallest absolute Gasteiger partial charge is 0.0381 e. The number of hydrogen-bond donors (Lipinski definition) is 0. The maximum Gasteiger partial charge on any atom is -0.0381 e. The van der Waals surface area contributed by atoms with Gasteiger partial charge in [0.25, 0.3) is 0 Å². The van der Waals surface area contributed by atoms with E-state index >= 15 is 0 Å². The molecule has 0 spiro atoms. The molecule has 0 aromatic rings. The predicted octanol–water partition coefficient (Wildman–Crippen LogP) is 2.30. The average Bonchev–Trinajstić information content (AvgIpc) is 1.41. The molecule has 0 rings (SSSR count). The normalized spacial score (nSPS) is 6.00. The van der Waals surface area contributed by atoms with Gasteiger partial charge >= 0.3 is 0 Å². The number of hydrogen-bond acceptors (Lipinski definition) is 0. The molecule has 0 saturated heterocycles. The van der Waals surface area contributed by atoms with Crippen LogP contribution in [-0.4, -0.2) is 6.16 Å². The Morgan fingerprint density at radius 1 is 1.43 bits per heavy atom. The summed E-state index contributed by atoms with van der Waals surface area (Å²) in [6.45, 7) is 2.20. The van der Waals surface area contributed by atoms with E-state index in [1.165, 1.54) is 19.0 Å². The van der Waals surface area contributed by atoms with Crippen molar-refractivity contribution >= 4 is 36.1 Å². The van der Waals surface area contributed by atoms with E-state index in [1.807, 2.05) is 0 Å². The minimum absolute atomic E-state index is 0. The van der Waals surface area contributed by atoms with Crippen molar-refractivity contribution in [2.24, 2.45) is 0 Å². The second-order valence-electron chi connectivity index (χ2n) is 1.14. The largest absolute Gasteiger partial charge is 0.153 e. The predicted molar refractivity (Wildman–Crippen MR) is 50.9 cm³/mol. The molecule has 3 heteroatoms. The summed E-state index contributed by atoms with van der Waals surface area (Å²) in [5.74, 6) is 0. The molecule has 0 nitrogen and oxygen atoms in total. The van der Waals surface area contributed by atoms with Gasteiger partial charge in [0.1, 0.15) is 0 Å². The molecule has 0 aliphatic heterocycles. The first-order valence-corrected chi connectivity index (χ1v) is 2.93. The lowest BCUT2D eigenvalue weighted by Gasteiger charge is -1.79. The minimum Gasteiger partial charge on any atom is -0.153 e.